The summed E-state index contributed by atoms with van der Waals surface area (Å²) in [7, 11) is 0. The van der Waals surface area contributed by atoms with E-state index in [4.69, 9.17) is 16.3 Å². The molecule has 0 aliphatic carbocycles. The highest BCUT2D eigenvalue weighted by Gasteiger charge is 2.23. The predicted molar refractivity (Wildman–Crippen MR) is 64.7 cm³/mol. The molecule has 1 atom stereocenters. The molecule has 0 bridgehead atoms. The predicted octanol–water partition coefficient (Wildman–Crippen LogP) is 3.11. The molecule has 1 heterocycles. The maximum absolute atomic E-state index is 10.3. The average molecular weight is 241 g/mol. The first-order valence-electron chi connectivity index (χ1n) is 5.70. The molecule has 1 unspecified atom stereocenters. The number of aliphatic hydroxyl groups is 1. The van der Waals surface area contributed by atoms with Crippen molar-refractivity contribution in [1.82, 2.24) is 0 Å². The number of benzene rings is 1. The van der Waals surface area contributed by atoms with Crippen LogP contribution in [0.2, 0.25) is 5.02 Å². The van der Waals surface area contributed by atoms with Gasteiger partial charge in [0.15, 0.2) is 0 Å². The highest BCUT2D eigenvalue weighted by atomic mass is 35.5. The van der Waals surface area contributed by atoms with Crippen LogP contribution in [0, 0.1) is 12.8 Å². The molecule has 1 fully saturated rings. The monoisotopic (exact) mass is 240 g/mol. The van der Waals surface area contributed by atoms with Gasteiger partial charge >= 0.3 is 0 Å². The lowest BCUT2D eigenvalue weighted by molar-refractivity contribution is 0.00717. The normalized spacial score (nSPS) is 19.7. The van der Waals surface area contributed by atoms with Gasteiger partial charge in [0.05, 0.1) is 6.10 Å². The second-order valence-electron chi connectivity index (χ2n) is 4.46. The second-order valence-corrected chi connectivity index (χ2v) is 4.89. The summed E-state index contributed by atoms with van der Waals surface area (Å²) in [5.74, 6) is 0.298. The maximum atomic E-state index is 10.3. The molecule has 0 amide bonds. The minimum Gasteiger partial charge on any atom is -0.388 e. The summed E-state index contributed by atoms with van der Waals surface area (Å²) in [6.07, 6.45) is 1.43. The van der Waals surface area contributed by atoms with E-state index in [0.29, 0.717) is 10.9 Å². The van der Waals surface area contributed by atoms with Crippen LogP contribution in [0.15, 0.2) is 18.2 Å². The fourth-order valence-electron chi connectivity index (χ4n) is 2.24. The average Bonchev–Trinajstić information content (AvgIpc) is 2.28. The van der Waals surface area contributed by atoms with Crippen LogP contribution in [0.5, 0.6) is 0 Å². The first-order valence-corrected chi connectivity index (χ1v) is 6.07. The standard InChI is InChI=1S/C13H17ClO2/c1-9-6-11(8-12(14)7-9)13(15)10-2-4-16-5-3-10/h6-8,10,13,15H,2-5H2,1H3. The summed E-state index contributed by atoms with van der Waals surface area (Å²) in [6.45, 7) is 3.49. The summed E-state index contributed by atoms with van der Waals surface area (Å²) in [5.41, 5.74) is 2.02. The highest BCUT2D eigenvalue weighted by molar-refractivity contribution is 6.30. The van der Waals surface area contributed by atoms with Crippen LogP contribution < -0.4 is 0 Å². The smallest absolute Gasteiger partial charge is 0.0820 e. The molecular weight excluding hydrogens is 224 g/mol. The van der Waals surface area contributed by atoms with E-state index in [-0.39, 0.29) is 0 Å². The lowest BCUT2D eigenvalue weighted by Crippen LogP contribution is -2.22. The highest BCUT2D eigenvalue weighted by Crippen LogP contribution is 2.31. The Morgan fingerprint density at radius 2 is 2.00 bits per heavy atom. The van der Waals surface area contributed by atoms with Gasteiger partial charge in [-0.1, -0.05) is 17.7 Å². The van der Waals surface area contributed by atoms with E-state index in [1.165, 1.54) is 0 Å². The van der Waals surface area contributed by atoms with Gasteiger partial charge in [-0.3, -0.25) is 0 Å². The van der Waals surface area contributed by atoms with Gasteiger partial charge in [0.1, 0.15) is 0 Å². The van der Waals surface area contributed by atoms with Crippen LogP contribution in [0.3, 0.4) is 0 Å². The number of aliphatic hydroxyl groups excluding tert-OH is 1. The zero-order valence-corrected chi connectivity index (χ0v) is 10.2. The van der Waals surface area contributed by atoms with E-state index in [0.717, 1.165) is 37.2 Å². The molecule has 0 aromatic heterocycles. The molecule has 1 aliphatic rings. The van der Waals surface area contributed by atoms with Crippen LogP contribution in [0.25, 0.3) is 0 Å². The van der Waals surface area contributed by atoms with Crippen molar-refractivity contribution in [2.45, 2.75) is 25.9 Å². The Bertz CT molecular complexity index is 339. The molecular formula is C13H17ClO2. The van der Waals surface area contributed by atoms with Crippen LogP contribution >= 0.6 is 11.6 Å². The van der Waals surface area contributed by atoms with Crippen LogP contribution in [-0.2, 0) is 4.74 Å². The molecule has 1 saturated heterocycles. The van der Waals surface area contributed by atoms with Crippen molar-refractivity contribution in [3.8, 4) is 0 Å². The summed E-state index contributed by atoms with van der Waals surface area (Å²) >= 11 is 6.00. The fourth-order valence-corrected chi connectivity index (χ4v) is 2.54. The third-order valence-corrected chi connectivity index (χ3v) is 3.34. The molecule has 88 valence electrons. The lowest BCUT2D eigenvalue weighted by atomic mass is 9.89. The number of ether oxygens (including phenoxy) is 1. The first kappa shape index (κ1) is 11.9. The van der Waals surface area contributed by atoms with Crippen molar-refractivity contribution < 1.29 is 9.84 Å². The molecule has 0 saturated carbocycles. The summed E-state index contributed by atoms with van der Waals surface area (Å²) in [5, 5.41) is 11.0. The third kappa shape index (κ3) is 2.76. The number of halogens is 1. The minimum absolute atomic E-state index is 0.298. The van der Waals surface area contributed by atoms with Crippen molar-refractivity contribution in [3.05, 3.63) is 34.3 Å². The summed E-state index contributed by atoms with van der Waals surface area (Å²) in [4.78, 5) is 0. The van der Waals surface area contributed by atoms with E-state index in [1.54, 1.807) is 0 Å². The zero-order valence-electron chi connectivity index (χ0n) is 9.45. The van der Waals surface area contributed by atoms with E-state index in [2.05, 4.69) is 0 Å². The second kappa shape index (κ2) is 5.17. The van der Waals surface area contributed by atoms with Crippen LogP contribution in [-0.4, -0.2) is 18.3 Å². The minimum atomic E-state index is -0.415. The molecule has 16 heavy (non-hydrogen) atoms. The molecule has 2 rings (SSSR count). The SMILES string of the molecule is Cc1cc(Cl)cc(C(O)C2CCOCC2)c1. The molecule has 1 aliphatic heterocycles. The van der Waals surface area contributed by atoms with Gasteiger partial charge < -0.3 is 9.84 Å². The number of hydrogen-bond acceptors (Lipinski definition) is 2. The van der Waals surface area contributed by atoms with E-state index in [9.17, 15) is 5.11 Å². The number of rotatable bonds is 2. The quantitative estimate of drug-likeness (QED) is 0.861. The number of aryl methyl sites for hydroxylation is 1. The largest absolute Gasteiger partial charge is 0.388 e. The van der Waals surface area contributed by atoms with Crippen molar-refractivity contribution in [2.24, 2.45) is 5.92 Å². The molecule has 0 spiro atoms. The Kier molecular flexibility index (Phi) is 3.85. The zero-order chi connectivity index (χ0) is 11.5. The Balaban J connectivity index is 2.15. The van der Waals surface area contributed by atoms with Gasteiger partial charge in [-0.15, -0.1) is 0 Å². The Hall–Kier alpha value is -0.570. The van der Waals surface area contributed by atoms with Gasteiger partial charge in [-0.25, -0.2) is 0 Å². The van der Waals surface area contributed by atoms with Crippen molar-refractivity contribution in [3.63, 3.8) is 0 Å². The van der Waals surface area contributed by atoms with Gasteiger partial charge in [-0.2, -0.15) is 0 Å². The van der Waals surface area contributed by atoms with Crippen molar-refractivity contribution in [1.29, 1.82) is 0 Å². The van der Waals surface area contributed by atoms with Gasteiger partial charge in [-0.05, 0) is 48.9 Å². The molecule has 3 heteroatoms. The topological polar surface area (TPSA) is 29.5 Å². The molecule has 0 radical (unpaired) electrons. The van der Waals surface area contributed by atoms with Gasteiger partial charge in [0.25, 0.3) is 0 Å². The Morgan fingerprint density at radius 3 is 2.62 bits per heavy atom. The Labute approximate surface area is 101 Å². The first-order chi connectivity index (χ1) is 7.66. The third-order valence-electron chi connectivity index (χ3n) is 3.12. The summed E-state index contributed by atoms with van der Waals surface area (Å²) in [6, 6.07) is 5.77. The van der Waals surface area contributed by atoms with E-state index >= 15 is 0 Å². The number of hydrogen-bond donors (Lipinski definition) is 1. The fraction of sp³-hybridized carbons (Fsp3) is 0.538. The van der Waals surface area contributed by atoms with Gasteiger partial charge in [0.2, 0.25) is 0 Å². The molecule has 2 nitrogen and oxygen atoms in total. The molecule has 1 aromatic carbocycles. The van der Waals surface area contributed by atoms with E-state index in [1.807, 2.05) is 25.1 Å². The Morgan fingerprint density at radius 1 is 1.31 bits per heavy atom. The lowest BCUT2D eigenvalue weighted by Gasteiger charge is -2.27. The van der Waals surface area contributed by atoms with Crippen LogP contribution in [0.4, 0.5) is 0 Å². The van der Waals surface area contributed by atoms with Crippen molar-refractivity contribution >= 4 is 11.6 Å². The maximum Gasteiger partial charge on any atom is 0.0820 e. The van der Waals surface area contributed by atoms with Crippen LogP contribution in [0.1, 0.15) is 30.1 Å². The molecule has 1 aromatic rings. The summed E-state index contributed by atoms with van der Waals surface area (Å²) < 4.78 is 5.30. The molecule has 1 N–H and O–H groups in total. The van der Waals surface area contributed by atoms with Gasteiger partial charge in [0, 0.05) is 18.2 Å². The van der Waals surface area contributed by atoms with E-state index < -0.39 is 6.10 Å². The van der Waals surface area contributed by atoms with Crippen molar-refractivity contribution in [2.75, 3.05) is 13.2 Å².